The molecule has 1 aromatic carbocycles. The van der Waals surface area contributed by atoms with Gasteiger partial charge >= 0.3 is 0 Å². The topological polar surface area (TPSA) is 107 Å². The first-order chi connectivity index (χ1) is 14.7. The maximum Gasteiger partial charge on any atom is 0.279 e. The Morgan fingerprint density at radius 3 is 2.73 bits per heavy atom. The zero-order valence-corrected chi connectivity index (χ0v) is 16.1. The van der Waals surface area contributed by atoms with E-state index in [2.05, 4.69) is 26.8 Å². The average Bonchev–Trinajstić information content (AvgIpc) is 3.60. The van der Waals surface area contributed by atoms with E-state index in [9.17, 15) is 0 Å². The normalized spacial score (nSPS) is 16.3. The van der Waals surface area contributed by atoms with Gasteiger partial charge in [0.2, 0.25) is 5.88 Å². The Kier molecular flexibility index (Phi) is 4.52. The van der Waals surface area contributed by atoms with Crippen LogP contribution in [0, 0.1) is 23.2 Å². The fourth-order valence-corrected chi connectivity index (χ4v) is 3.45. The number of hydrogen-bond donors (Lipinski definition) is 2. The first-order valence-electron chi connectivity index (χ1n) is 9.73. The molecule has 1 atom stereocenters. The molecule has 3 aromatic rings. The van der Waals surface area contributed by atoms with Crippen molar-refractivity contribution >= 4 is 6.02 Å². The lowest BCUT2D eigenvalue weighted by Gasteiger charge is -2.27. The minimum atomic E-state index is -0.324. The van der Waals surface area contributed by atoms with Crippen molar-refractivity contribution in [2.75, 3.05) is 6.61 Å². The van der Waals surface area contributed by atoms with E-state index < -0.39 is 0 Å². The molecule has 1 aliphatic heterocycles. The molecule has 5 rings (SSSR count). The predicted octanol–water partition coefficient (Wildman–Crippen LogP) is 3.45. The lowest BCUT2D eigenvalue weighted by atomic mass is 9.87. The molecule has 148 valence electrons. The van der Waals surface area contributed by atoms with Crippen molar-refractivity contribution in [1.82, 2.24) is 15.0 Å². The lowest BCUT2D eigenvalue weighted by molar-refractivity contribution is 0.273. The maximum atomic E-state index is 7.49. The van der Waals surface area contributed by atoms with Crippen LogP contribution in [0.25, 0.3) is 11.1 Å². The monoisotopic (exact) mass is 397 g/mol. The molecule has 1 saturated carbocycles. The molecular formula is C23H19N5O2. The van der Waals surface area contributed by atoms with Crippen molar-refractivity contribution < 1.29 is 9.47 Å². The Labute approximate surface area is 173 Å². The summed E-state index contributed by atoms with van der Waals surface area (Å²) in [4.78, 5) is 12.7. The fraction of sp³-hybridized carbons (Fsp3) is 0.217. The molecule has 0 amide bonds. The third-order valence-corrected chi connectivity index (χ3v) is 5.14. The highest BCUT2D eigenvalue weighted by Gasteiger charge is 2.30. The van der Waals surface area contributed by atoms with E-state index in [-0.39, 0.29) is 18.5 Å². The second kappa shape index (κ2) is 7.48. The molecule has 0 saturated heterocycles. The highest BCUT2D eigenvalue weighted by Crippen LogP contribution is 2.44. The highest BCUT2D eigenvalue weighted by atomic mass is 16.5. The number of nitrogens with two attached hydrogens (primary N) is 1. The molecule has 1 aliphatic carbocycles. The maximum absolute atomic E-state index is 7.49. The molecule has 7 heteroatoms. The van der Waals surface area contributed by atoms with Crippen LogP contribution in [-0.2, 0) is 4.74 Å². The Morgan fingerprint density at radius 2 is 1.97 bits per heavy atom. The Hall–Kier alpha value is -3.92. The van der Waals surface area contributed by atoms with Crippen LogP contribution in [0.3, 0.4) is 0 Å². The van der Waals surface area contributed by atoms with Gasteiger partial charge in [0, 0.05) is 46.8 Å². The van der Waals surface area contributed by atoms with Crippen molar-refractivity contribution in [1.29, 1.82) is 5.41 Å². The summed E-state index contributed by atoms with van der Waals surface area (Å²) < 4.78 is 11.5. The highest BCUT2D eigenvalue weighted by molar-refractivity contribution is 5.69. The largest absolute Gasteiger partial charge is 0.465 e. The van der Waals surface area contributed by atoms with Gasteiger partial charge in [0.05, 0.1) is 5.92 Å². The molecule has 1 fully saturated rings. The third kappa shape index (κ3) is 3.67. The van der Waals surface area contributed by atoms with E-state index in [1.807, 2.05) is 24.3 Å². The van der Waals surface area contributed by atoms with Gasteiger partial charge < -0.3 is 15.2 Å². The summed E-state index contributed by atoms with van der Waals surface area (Å²) in [5, 5.41) is 7.49. The number of amidine groups is 1. The van der Waals surface area contributed by atoms with Crippen molar-refractivity contribution in [3.63, 3.8) is 0 Å². The van der Waals surface area contributed by atoms with E-state index in [0.717, 1.165) is 27.8 Å². The third-order valence-electron chi connectivity index (χ3n) is 5.14. The van der Waals surface area contributed by atoms with Gasteiger partial charge in [-0.3, -0.25) is 5.41 Å². The molecule has 0 spiro atoms. The summed E-state index contributed by atoms with van der Waals surface area (Å²) in [6, 6.07) is 7.57. The van der Waals surface area contributed by atoms with E-state index in [1.54, 1.807) is 18.6 Å². The van der Waals surface area contributed by atoms with Crippen LogP contribution in [0.1, 0.15) is 35.4 Å². The van der Waals surface area contributed by atoms with E-state index >= 15 is 0 Å². The van der Waals surface area contributed by atoms with E-state index in [0.29, 0.717) is 17.5 Å². The summed E-state index contributed by atoms with van der Waals surface area (Å²) in [7, 11) is 0. The van der Waals surface area contributed by atoms with Gasteiger partial charge in [-0.15, -0.1) is 0 Å². The summed E-state index contributed by atoms with van der Waals surface area (Å²) >= 11 is 0. The summed E-state index contributed by atoms with van der Waals surface area (Å²) in [6.07, 6.45) is 9.10. The summed E-state index contributed by atoms with van der Waals surface area (Å²) in [5.74, 6) is 8.00. The molecule has 30 heavy (non-hydrogen) atoms. The van der Waals surface area contributed by atoms with Gasteiger partial charge in [-0.05, 0) is 36.6 Å². The van der Waals surface area contributed by atoms with Crippen LogP contribution in [0.5, 0.6) is 11.6 Å². The Morgan fingerprint density at radius 1 is 1.13 bits per heavy atom. The number of fused-ring (bicyclic) bond motifs is 2. The van der Waals surface area contributed by atoms with Gasteiger partial charge in [-0.1, -0.05) is 17.9 Å². The van der Waals surface area contributed by atoms with Crippen molar-refractivity contribution in [3.8, 4) is 34.6 Å². The van der Waals surface area contributed by atoms with Crippen LogP contribution in [0.2, 0.25) is 0 Å². The number of hydrogen-bond acceptors (Lipinski definition) is 6. The number of aromatic nitrogens is 3. The lowest BCUT2D eigenvalue weighted by Crippen LogP contribution is -2.22. The molecule has 2 aromatic heterocycles. The number of pyridine rings is 1. The number of nitrogens with zero attached hydrogens (tertiary/aromatic N) is 3. The molecular weight excluding hydrogens is 378 g/mol. The number of nitrogens with one attached hydrogen (secondary N) is 1. The second-order valence-electron chi connectivity index (χ2n) is 7.37. The number of rotatable bonds is 3. The Bertz CT molecular complexity index is 1180. The van der Waals surface area contributed by atoms with E-state index in [1.165, 1.54) is 19.2 Å². The van der Waals surface area contributed by atoms with Gasteiger partial charge in [0.15, 0.2) is 0 Å². The molecule has 3 N–H and O–H groups in total. The van der Waals surface area contributed by atoms with Crippen molar-refractivity contribution in [3.05, 3.63) is 65.9 Å². The first kappa shape index (κ1) is 18.1. The molecule has 1 unspecified atom stereocenters. The molecule has 7 nitrogen and oxygen atoms in total. The van der Waals surface area contributed by atoms with Crippen LogP contribution < -0.4 is 10.5 Å². The van der Waals surface area contributed by atoms with Crippen LogP contribution in [-0.4, -0.2) is 27.6 Å². The Balaban J connectivity index is 1.57. The van der Waals surface area contributed by atoms with Crippen molar-refractivity contribution in [2.45, 2.75) is 18.8 Å². The average molecular weight is 397 g/mol. The standard InChI is InChI=1S/C23H19N5O2/c24-23(25)29-12-20-18-8-16(17-10-26-13-27-11-17)5-6-21(18)30-22-19(20)7-15(9-28-22)4-3-14-1-2-14/h5-11,13-14,20H,1-2,12H2,(H3,24,25). The van der Waals surface area contributed by atoms with Gasteiger partial charge in [0.25, 0.3) is 6.02 Å². The minimum Gasteiger partial charge on any atom is -0.465 e. The van der Waals surface area contributed by atoms with Gasteiger partial charge in [-0.25, -0.2) is 15.0 Å². The van der Waals surface area contributed by atoms with Gasteiger partial charge in [-0.2, -0.15) is 0 Å². The fourth-order valence-electron chi connectivity index (χ4n) is 3.45. The summed E-state index contributed by atoms with van der Waals surface area (Å²) in [6.45, 7) is 0.203. The van der Waals surface area contributed by atoms with E-state index in [4.69, 9.17) is 20.6 Å². The quantitative estimate of drug-likeness (QED) is 0.398. The first-order valence-corrected chi connectivity index (χ1v) is 9.73. The minimum absolute atomic E-state index is 0.201. The second-order valence-corrected chi connectivity index (χ2v) is 7.37. The zero-order valence-electron chi connectivity index (χ0n) is 16.1. The van der Waals surface area contributed by atoms with Crippen LogP contribution in [0.4, 0.5) is 0 Å². The SMILES string of the molecule is N=C(N)OCC1c2cc(-c3cncnc3)ccc2Oc2ncc(C#CC3CC3)cc21. The van der Waals surface area contributed by atoms with Crippen LogP contribution >= 0.6 is 0 Å². The molecule has 2 aliphatic rings. The zero-order chi connectivity index (χ0) is 20.5. The number of benzene rings is 1. The molecule has 3 heterocycles. The molecule has 0 bridgehead atoms. The number of ether oxygens (including phenoxy) is 2. The predicted molar refractivity (Wildman–Crippen MR) is 111 cm³/mol. The summed E-state index contributed by atoms with van der Waals surface area (Å²) in [5.41, 5.74) is 9.97. The van der Waals surface area contributed by atoms with Crippen LogP contribution in [0.15, 0.2) is 49.2 Å². The smallest absolute Gasteiger partial charge is 0.279 e. The molecule has 0 radical (unpaired) electrons. The van der Waals surface area contributed by atoms with Crippen molar-refractivity contribution in [2.24, 2.45) is 11.7 Å². The van der Waals surface area contributed by atoms with Gasteiger partial charge in [0.1, 0.15) is 18.7 Å².